The topological polar surface area (TPSA) is 154 Å². The van der Waals surface area contributed by atoms with Crippen LogP contribution in [-0.2, 0) is 14.4 Å². The van der Waals surface area contributed by atoms with E-state index in [1.165, 1.54) is 9.80 Å². The molecule has 2 aliphatic heterocycles. The molecule has 0 aromatic rings. The van der Waals surface area contributed by atoms with Crippen LogP contribution in [0.5, 0.6) is 0 Å². The zero-order valence-corrected chi connectivity index (χ0v) is 22.2. The van der Waals surface area contributed by atoms with Crippen molar-refractivity contribution in [2.24, 2.45) is 5.73 Å². The Hall–Kier alpha value is -2.69. The normalized spacial score (nSPS) is 17.5. The molecule has 0 saturated carbocycles. The lowest BCUT2D eigenvalue weighted by Crippen LogP contribution is -2.52. The quantitative estimate of drug-likeness (QED) is 0.272. The molecule has 5 N–H and O–H groups in total. The summed E-state index contributed by atoms with van der Waals surface area (Å²) in [6.45, 7) is 2.35. The first-order chi connectivity index (χ1) is 17.9. The van der Waals surface area contributed by atoms with E-state index in [9.17, 15) is 24.0 Å². The van der Waals surface area contributed by atoms with Crippen LogP contribution in [0.4, 0.5) is 9.59 Å². The second-order valence-corrected chi connectivity index (χ2v) is 9.94. The summed E-state index contributed by atoms with van der Waals surface area (Å²) in [5.74, 6) is -0.617. The summed E-state index contributed by atoms with van der Waals surface area (Å²) in [4.78, 5) is 65.0. The molecule has 2 fully saturated rings. The second-order valence-electron chi connectivity index (χ2n) is 9.94. The summed E-state index contributed by atoms with van der Waals surface area (Å²) in [5, 5.41) is 8.46. The van der Waals surface area contributed by atoms with Gasteiger partial charge in [-0.05, 0) is 64.3 Å². The standard InChI is InChI=1S/C26H46N6O5/c27-16-8-1-2-9-17-28-24(35)21(30-26(37)32-20-12-4-6-15-23(32)34)13-7-10-18-29-25(36)31-19-11-3-5-14-22(31)33/h21H,1-20,27H2,(H,28,35)(H,29,36)(H,30,37)/t21-/m0/s1. The molecule has 210 valence electrons. The van der Waals surface area contributed by atoms with Gasteiger partial charge in [0.25, 0.3) is 0 Å². The van der Waals surface area contributed by atoms with Gasteiger partial charge in [-0.2, -0.15) is 0 Å². The fourth-order valence-electron chi connectivity index (χ4n) is 4.61. The minimum atomic E-state index is -0.768. The molecule has 0 aliphatic carbocycles. The van der Waals surface area contributed by atoms with Crippen molar-refractivity contribution in [3.05, 3.63) is 0 Å². The number of nitrogens with zero attached hydrogens (tertiary/aromatic N) is 2. The molecule has 0 aromatic heterocycles. The van der Waals surface area contributed by atoms with E-state index in [0.29, 0.717) is 64.8 Å². The first-order valence-electron chi connectivity index (χ1n) is 14.1. The number of hydrogen-bond acceptors (Lipinski definition) is 6. The molecule has 2 aliphatic rings. The molecule has 1 atom stereocenters. The molecule has 0 unspecified atom stereocenters. The summed E-state index contributed by atoms with van der Waals surface area (Å²) in [6.07, 6.45) is 11.1. The van der Waals surface area contributed by atoms with E-state index in [0.717, 1.165) is 64.2 Å². The highest BCUT2D eigenvalue weighted by atomic mass is 16.2. The predicted octanol–water partition coefficient (Wildman–Crippen LogP) is 2.39. The molecule has 0 radical (unpaired) electrons. The number of rotatable bonds is 13. The van der Waals surface area contributed by atoms with E-state index in [1.807, 2.05) is 0 Å². The van der Waals surface area contributed by atoms with E-state index in [1.54, 1.807) is 0 Å². The lowest BCUT2D eigenvalue weighted by atomic mass is 10.1. The molecule has 0 aromatic carbocycles. The average molecular weight is 523 g/mol. The van der Waals surface area contributed by atoms with Gasteiger partial charge in [-0.3, -0.25) is 24.2 Å². The van der Waals surface area contributed by atoms with Gasteiger partial charge in [0.1, 0.15) is 6.04 Å². The maximum absolute atomic E-state index is 12.9. The summed E-state index contributed by atoms with van der Waals surface area (Å²) in [6, 6.07) is -1.66. The number of amides is 7. The number of nitrogens with two attached hydrogens (primary N) is 1. The number of imide groups is 2. The van der Waals surface area contributed by atoms with Crippen LogP contribution in [0.25, 0.3) is 0 Å². The highest BCUT2D eigenvalue weighted by Gasteiger charge is 2.28. The summed E-state index contributed by atoms with van der Waals surface area (Å²) >= 11 is 0. The van der Waals surface area contributed by atoms with Crippen molar-refractivity contribution < 1.29 is 24.0 Å². The Kier molecular flexibility index (Phi) is 14.6. The SMILES string of the molecule is NCCCCCCNC(=O)[C@H](CCCCNC(=O)N1CCCCCC1=O)NC(=O)N1CCCCCC1=O. The fraction of sp³-hybridized carbons (Fsp3) is 0.808. The van der Waals surface area contributed by atoms with Crippen molar-refractivity contribution in [1.82, 2.24) is 25.8 Å². The Morgan fingerprint density at radius 1 is 0.703 bits per heavy atom. The van der Waals surface area contributed by atoms with Crippen molar-refractivity contribution in [2.75, 3.05) is 32.7 Å². The molecular formula is C26H46N6O5. The number of carbonyl (C=O) groups excluding carboxylic acids is 5. The molecule has 0 spiro atoms. The monoisotopic (exact) mass is 522 g/mol. The third-order valence-electron chi connectivity index (χ3n) is 6.88. The molecule has 11 nitrogen and oxygen atoms in total. The van der Waals surface area contributed by atoms with Crippen molar-refractivity contribution >= 4 is 29.8 Å². The van der Waals surface area contributed by atoms with Crippen LogP contribution < -0.4 is 21.7 Å². The third-order valence-corrected chi connectivity index (χ3v) is 6.88. The van der Waals surface area contributed by atoms with Crippen molar-refractivity contribution in [3.8, 4) is 0 Å². The second kappa shape index (κ2) is 17.7. The van der Waals surface area contributed by atoms with Crippen LogP contribution in [0.3, 0.4) is 0 Å². The average Bonchev–Trinajstić information content (AvgIpc) is 3.24. The van der Waals surface area contributed by atoms with Gasteiger partial charge in [0, 0.05) is 39.0 Å². The smallest absolute Gasteiger partial charge is 0.324 e. The first-order valence-corrected chi connectivity index (χ1v) is 14.1. The van der Waals surface area contributed by atoms with E-state index in [2.05, 4.69) is 16.0 Å². The number of unbranched alkanes of at least 4 members (excludes halogenated alkanes) is 4. The first kappa shape index (κ1) is 30.5. The van der Waals surface area contributed by atoms with E-state index in [-0.39, 0.29) is 23.8 Å². The lowest BCUT2D eigenvalue weighted by molar-refractivity contribution is -0.129. The zero-order chi connectivity index (χ0) is 26.9. The van der Waals surface area contributed by atoms with Gasteiger partial charge in [-0.1, -0.05) is 25.7 Å². The fourth-order valence-corrected chi connectivity index (χ4v) is 4.61. The van der Waals surface area contributed by atoms with Crippen LogP contribution in [0, 0.1) is 0 Å². The van der Waals surface area contributed by atoms with E-state index >= 15 is 0 Å². The summed E-state index contributed by atoms with van der Waals surface area (Å²) in [7, 11) is 0. The van der Waals surface area contributed by atoms with E-state index < -0.39 is 12.1 Å². The molecular weight excluding hydrogens is 476 g/mol. The van der Waals surface area contributed by atoms with Crippen molar-refractivity contribution in [3.63, 3.8) is 0 Å². The maximum Gasteiger partial charge on any atom is 0.324 e. The molecule has 2 heterocycles. The highest BCUT2D eigenvalue weighted by molar-refractivity contribution is 5.97. The molecule has 7 amide bonds. The van der Waals surface area contributed by atoms with Gasteiger partial charge in [0.05, 0.1) is 0 Å². The Morgan fingerprint density at radius 3 is 1.92 bits per heavy atom. The van der Waals surface area contributed by atoms with Gasteiger partial charge < -0.3 is 21.7 Å². The summed E-state index contributed by atoms with van der Waals surface area (Å²) in [5.41, 5.74) is 5.52. The number of nitrogens with one attached hydrogen (secondary N) is 3. The Bertz CT molecular complexity index is 762. The highest BCUT2D eigenvalue weighted by Crippen LogP contribution is 2.13. The summed E-state index contributed by atoms with van der Waals surface area (Å²) < 4.78 is 0. The van der Waals surface area contributed by atoms with Crippen LogP contribution in [-0.4, -0.2) is 78.3 Å². The molecule has 2 rings (SSSR count). The number of hydrogen-bond donors (Lipinski definition) is 4. The van der Waals surface area contributed by atoms with Crippen LogP contribution in [0.15, 0.2) is 0 Å². The van der Waals surface area contributed by atoms with E-state index in [4.69, 9.17) is 5.73 Å². The Morgan fingerprint density at radius 2 is 1.27 bits per heavy atom. The minimum Gasteiger partial charge on any atom is -0.354 e. The van der Waals surface area contributed by atoms with Gasteiger partial charge in [-0.15, -0.1) is 0 Å². The number of likely N-dealkylation sites (tertiary alicyclic amines) is 2. The van der Waals surface area contributed by atoms with Gasteiger partial charge in [0.15, 0.2) is 0 Å². The lowest BCUT2D eigenvalue weighted by Gasteiger charge is -2.24. The van der Waals surface area contributed by atoms with Crippen molar-refractivity contribution in [2.45, 2.75) is 102 Å². The third kappa shape index (κ3) is 11.5. The largest absolute Gasteiger partial charge is 0.354 e. The van der Waals surface area contributed by atoms with Crippen molar-refractivity contribution in [1.29, 1.82) is 0 Å². The maximum atomic E-state index is 12.9. The molecule has 0 bridgehead atoms. The molecule has 2 saturated heterocycles. The number of carbonyl (C=O) groups is 5. The van der Waals surface area contributed by atoms with Crippen LogP contribution in [0.1, 0.15) is 96.3 Å². The minimum absolute atomic E-state index is 0.138. The van der Waals surface area contributed by atoms with Crippen LogP contribution in [0.2, 0.25) is 0 Å². The number of urea groups is 2. The van der Waals surface area contributed by atoms with Gasteiger partial charge >= 0.3 is 12.1 Å². The molecule has 37 heavy (non-hydrogen) atoms. The Balaban J connectivity index is 1.82. The van der Waals surface area contributed by atoms with Gasteiger partial charge in [-0.25, -0.2) is 9.59 Å². The zero-order valence-electron chi connectivity index (χ0n) is 22.2. The van der Waals surface area contributed by atoms with Gasteiger partial charge in [0.2, 0.25) is 17.7 Å². The predicted molar refractivity (Wildman–Crippen MR) is 140 cm³/mol. The van der Waals surface area contributed by atoms with Crippen LogP contribution >= 0.6 is 0 Å². The Labute approximate surface area is 220 Å². The molecule has 11 heteroatoms.